The van der Waals surface area contributed by atoms with Crippen molar-refractivity contribution in [1.29, 1.82) is 0 Å². The third-order valence-corrected chi connectivity index (χ3v) is 2.73. The summed E-state index contributed by atoms with van der Waals surface area (Å²) in [6, 6.07) is 7.76. The molecule has 2 aromatic rings. The van der Waals surface area contributed by atoms with Gasteiger partial charge in [-0.15, -0.1) is 13.2 Å². The standard InChI is InChI=1S/C14H12F4N2O/c1-9(20-13-12(15)3-2-8-19-13)10-4-6-11(7-5-10)21-14(16,17)18/h2-9H,1H3,(H,19,20)/t9-/m0/s1. The molecule has 0 saturated carbocycles. The second kappa shape index (κ2) is 5.99. The van der Waals surface area contributed by atoms with Crippen LogP contribution in [0, 0.1) is 5.82 Å². The summed E-state index contributed by atoms with van der Waals surface area (Å²) in [5.74, 6) is -0.718. The van der Waals surface area contributed by atoms with E-state index in [4.69, 9.17) is 0 Å². The number of ether oxygens (including phenoxy) is 1. The van der Waals surface area contributed by atoms with Crippen molar-refractivity contribution >= 4 is 5.82 Å². The number of aromatic nitrogens is 1. The first-order chi connectivity index (χ1) is 9.85. The monoisotopic (exact) mass is 300 g/mol. The molecule has 1 aromatic heterocycles. The molecule has 7 heteroatoms. The highest BCUT2D eigenvalue weighted by atomic mass is 19.4. The largest absolute Gasteiger partial charge is 0.573 e. The molecule has 112 valence electrons. The Balaban J connectivity index is 2.06. The highest BCUT2D eigenvalue weighted by Crippen LogP contribution is 2.25. The van der Waals surface area contributed by atoms with E-state index in [2.05, 4.69) is 15.0 Å². The maximum Gasteiger partial charge on any atom is 0.573 e. The molecule has 0 amide bonds. The van der Waals surface area contributed by atoms with Gasteiger partial charge >= 0.3 is 6.36 Å². The maximum atomic E-state index is 13.4. The van der Waals surface area contributed by atoms with Gasteiger partial charge in [0, 0.05) is 6.20 Å². The predicted octanol–water partition coefficient (Wildman–Crippen LogP) is 4.29. The molecule has 1 aromatic carbocycles. The van der Waals surface area contributed by atoms with Gasteiger partial charge in [-0.05, 0) is 36.8 Å². The molecule has 0 aliphatic carbocycles. The van der Waals surface area contributed by atoms with E-state index >= 15 is 0 Å². The number of pyridine rings is 1. The third-order valence-electron chi connectivity index (χ3n) is 2.73. The Bertz CT molecular complexity index is 599. The van der Waals surface area contributed by atoms with Crippen LogP contribution in [0.1, 0.15) is 18.5 Å². The molecule has 0 radical (unpaired) electrons. The smallest absolute Gasteiger partial charge is 0.406 e. The summed E-state index contributed by atoms with van der Waals surface area (Å²) in [4.78, 5) is 3.85. The lowest BCUT2D eigenvalue weighted by Gasteiger charge is -2.16. The van der Waals surface area contributed by atoms with Crippen LogP contribution in [0.3, 0.4) is 0 Å². The van der Waals surface area contributed by atoms with Crippen molar-refractivity contribution in [3.05, 3.63) is 54.0 Å². The first-order valence-electron chi connectivity index (χ1n) is 6.08. The fraction of sp³-hybridized carbons (Fsp3) is 0.214. The van der Waals surface area contributed by atoms with Crippen LogP contribution in [0.25, 0.3) is 0 Å². The van der Waals surface area contributed by atoms with Crippen LogP contribution in [0.5, 0.6) is 5.75 Å². The van der Waals surface area contributed by atoms with Crippen LogP contribution in [-0.2, 0) is 0 Å². The van der Waals surface area contributed by atoms with E-state index in [0.29, 0.717) is 5.56 Å². The Morgan fingerprint density at radius 2 is 1.81 bits per heavy atom. The Morgan fingerprint density at radius 1 is 1.14 bits per heavy atom. The lowest BCUT2D eigenvalue weighted by molar-refractivity contribution is -0.274. The van der Waals surface area contributed by atoms with Crippen molar-refractivity contribution in [2.45, 2.75) is 19.3 Å². The van der Waals surface area contributed by atoms with Crippen LogP contribution in [0.15, 0.2) is 42.6 Å². The molecule has 21 heavy (non-hydrogen) atoms. The Hall–Kier alpha value is -2.31. The molecule has 0 fully saturated rings. The van der Waals surface area contributed by atoms with Crippen LogP contribution in [0.2, 0.25) is 0 Å². The van der Waals surface area contributed by atoms with E-state index in [0.717, 1.165) is 0 Å². The number of rotatable bonds is 4. The highest BCUT2D eigenvalue weighted by Gasteiger charge is 2.31. The van der Waals surface area contributed by atoms with E-state index in [1.54, 1.807) is 6.92 Å². The van der Waals surface area contributed by atoms with Crippen LogP contribution in [-0.4, -0.2) is 11.3 Å². The summed E-state index contributed by atoms with van der Waals surface area (Å²) in [6.45, 7) is 1.74. The SMILES string of the molecule is C[C@H](Nc1ncccc1F)c1ccc(OC(F)(F)F)cc1. The van der Waals surface area contributed by atoms with Gasteiger partial charge in [0.2, 0.25) is 0 Å². The molecule has 3 nitrogen and oxygen atoms in total. The number of halogens is 4. The number of alkyl halides is 3. The van der Waals surface area contributed by atoms with E-state index in [1.165, 1.54) is 42.6 Å². The molecular formula is C14H12F4N2O. The zero-order chi connectivity index (χ0) is 15.5. The zero-order valence-corrected chi connectivity index (χ0v) is 11.0. The van der Waals surface area contributed by atoms with Gasteiger partial charge in [0.15, 0.2) is 11.6 Å². The van der Waals surface area contributed by atoms with Gasteiger partial charge in [0.05, 0.1) is 6.04 Å². The fourth-order valence-electron chi connectivity index (χ4n) is 1.74. The number of hydrogen-bond acceptors (Lipinski definition) is 3. The Morgan fingerprint density at radius 3 is 2.38 bits per heavy atom. The summed E-state index contributed by atoms with van der Waals surface area (Å²) >= 11 is 0. The van der Waals surface area contributed by atoms with Gasteiger partial charge in [-0.1, -0.05) is 12.1 Å². The topological polar surface area (TPSA) is 34.2 Å². The summed E-state index contributed by atoms with van der Waals surface area (Å²) < 4.78 is 53.4. The third kappa shape index (κ3) is 4.34. The highest BCUT2D eigenvalue weighted by molar-refractivity contribution is 5.40. The minimum atomic E-state index is -4.72. The van der Waals surface area contributed by atoms with Crippen LogP contribution in [0.4, 0.5) is 23.4 Å². The average Bonchev–Trinajstić information content (AvgIpc) is 2.40. The molecule has 1 atom stereocenters. The number of nitrogens with zero attached hydrogens (tertiary/aromatic N) is 1. The van der Waals surface area contributed by atoms with E-state index < -0.39 is 12.2 Å². The predicted molar refractivity (Wildman–Crippen MR) is 69.4 cm³/mol. The van der Waals surface area contributed by atoms with Gasteiger partial charge in [-0.2, -0.15) is 0 Å². The fourth-order valence-corrected chi connectivity index (χ4v) is 1.74. The first kappa shape index (κ1) is 15.1. The summed E-state index contributed by atoms with van der Waals surface area (Å²) in [5, 5.41) is 2.85. The minimum absolute atomic E-state index is 0.0839. The van der Waals surface area contributed by atoms with E-state index in [9.17, 15) is 17.6 Å². The summed E-state index contributed by atoms with van der Waals surface area (Å²) in [5.41, 5.74) is 0.676. The van der Waals surface area contributed by atoms with Crippen molar-refractivity contribution in [3.8, 4) is 5.75 Å². The second-order valence-electron chi connectivity index (χ2n) is 4.32. The van der Waals surface area contributed by atoms with Crippen molar-refractivity contribution in [3.63, 3.8) is 0 Å². The molecule has 0 bridgehead atoms. The number of benzene rings is 1. The van der Waals surface area contributed by atoms with Crippen molar-refractivity contribution < 1.29 is 22.3 Å². The van der Waals surface area contributed by atoms with E-state index in [1.807, 2.05) is 0 Å². The molecule has 0 aliphatic rings. The molecule has 1 N–H and O–H groups in total. The average molecular weight is 300 g/mol. The molecule has 2 rings (SSSR count). The number of anilines is 1. The van der Waals surface area contributed by atoms with Gasteiger partial charge in [-0.25, -0.2) is 9.37 Å². The van der Waals surface area contributed by atoms with Crippen LogP contribution < -0.4 is 10.1 Å². The molecule has 0 spiro atoms. The minimum Gasteiger partial charge on any atom is -0.406 e. The van der Waals surface area contributed by atoms with Crippen molar-refractivity contribution in [2.24, 2.45) is 0 Å². The maximum absolute atomic E-state index is 13.4. The zero-order valence-electron chi connectivity index (χ0n) is 11.0. The molecule has 1 heterocycles. The number of nitrogens with one attached hydrogen (secondary N) is 1. The van der Waals surface area contributed by atoms with Crippen molar-refractivity contribution in [1.82, 2.24) is 4.98 Å². The molecule has 0 aliphatic heterocycles. The lowest BCUT2D eigenvalue weighted by atomic mass is 10.1. The van der Waals surface area contributed by atoms with Gasteiger partial charge in [-0.3, -0.25) is 0 Å². The Kier molecular flexibility index (Phi) is 4.30. The lowest BCUT2D eigenvalue weighted by Crippen LogP contribution is -2.17. The van der Waals surface area contributed by atoms with E-state index in [-0.39, 0.29) is 17.6 Å². The summed E-state index contributed by atoms with van der Waals surface area (Å²) in [6.07, 6.45) is -3.28. The van der Waals surface area contributed by atoms with Gasteiger partial charge in [0.1, 0.15) is 5.75 Å². The summed E-state index contributed by atoms with van der Waals surface area (Å²) in [7, 11) is 0. The quantitative estimate of drug-likeness (QED) is 0.855. The Labute approximate surface area is 118 Å². The number of hydrogen-bond donors (Lipinski definition) is 1. The second-order valence-corrected chi connectivity index (χ2v) is 4.32. The van der Waals surface area contributed by atoms with Gasteiger partial charge < -0.3 is 10.1 Å². The van der Waals surface area contributed by atoms with Crippen molar-refractivity contribution in [2.75, 3.05) is 5.32 Å². The first-order valence-corrected chi connectivity index (χ1v) is 6.08. The molecule has 0 unspecified atom stereocenters. The molecular weight excluding hydrogens is 288 g/mol. The van der Waals surface area contributed by atoms with Gasteiger partial charge in [0.25, 0.3) is 0 Å². The molecule has 0 saturated heterocycles. The normalized spacial score (nSPS) is 12.8. The van der Waals surface area contributed by atoms with Crippen LogP contribution >= 0.6 is 0 Å².